The van der Waals surface area contributed by atoms with Crippen molar-refractivity contribution in [1.82, 2.24) is 10.3 Å². The van der Waals surface area contributed by atoms with Gasteiger partial charge in [0.1, 0.15) is 0 Å². The number of primary sulfonamides is 1. The number of hydrogen-bond acceptors (Lipinski definition) is 5. The molecule has 20 heavy (non-hydrogen) atoms. The number of sulfonamides is 1. The van der Waals surface area contributed by atoms with Crippen molar-refractivity contribution < 1.29 is 8.42 Å². The molecule has 1 atom stereocenters. The van der Waals surface area contributed by atoms with Gasteiger partial charge in [0.25, 0.3) is 0 Å². The molecule has 0 radical (unpaired) electrons. The third-order valence-corrected chi connectivity index (χ3v) is 4.95. The fourth-order valence-corrected chi connectivity index (χ4v) is 3.12. The molecule has 1 unspecified atom stereocenters. The van der Waals surface area contributed by atoms with Gasteiger partial charge in [0, 0.05) is 17.5 Å². The van der Waals surface area contributed by atoms with Crippen molar-refractivity contribution in [1.29, 1.82) is 0 Å². The molecule has 0 aliphatic rings. The van der Waals surface area contributed by atoms with Crippen LogP contribution in [0.25, 0.3) is 0 Å². The van der Waals surface area contributed by atoms with Crippen molar-refractivity contribution in [2.24, 2.45) is 5.14 Å². The summed E-state index contributed by atoms with van der Waals surface area (Å²) >= 11 is 1.60. The van der Waals surface area contributed by atoms with Gasteiger partial charge >= 0.3 is 0 Å². The van der Waals surface area contributed by atoms with Gasteiger partial charge in [-0.1, -0.05) is 12.1 Å². The number of aromatic nitrogens is 1. The largest absolute Gasteiger partial charge is 0.305 e. The Bertz CT molecular complexity index is 695. The summed E-state index contributed by atoms with van der Waals surface area (Å²) in [6.45, 7) is 4.66. The quantitative estimate of drug-likeness (QED) is 0.884. The van der Waals surface area contributed by atoms with Gasteiger partial charge in [0.05, 0.1) is 16.1 Å². The molecule has 0 saturated carbocycles. The van der Waals surface area contributed by atoms with Crippen LogP contribution in [-0.4, -0.2) is 13.4 Å². The number of nitrogens with zero attached hydrogens (tertiary/aromatic N) is 1. The predicted molar refractivity (Wildman–Crippen MR) is 79.9 cm³/mol. The molecular formula is C13H17N3O2S2. The van der Waals surface area contributed by atoms with Crippen LogP contribution in [0.15, 0.2) is 34.7 Å². The van der Waals surface area contributed by atoms with Crippen LogP contribution < -0.4 is 10.5 Å². The van der Waals surface area contributed by atoms with E-state index in [0.29, 0.717) is 6.54 Å². The zero-order valence-corrected chi connectivity index (χ0v) is 13.0. The molecule has 2 rings (SSSR count). The van der Waals surface area contributed by atoms with Crippen LogP contribution in [0.3, 0.4) is 0 Å². The Morgan fingerprint density at radius 1 is 1.45 bits per heavy atom. The molecule has 0 saturated heterocycles. The van der Waals surface area contributed by atoms with Crippen molar-refractivity contribution in [3.05, 3.63) is 45.9 Å². The van der Waals surface area contributed by atoms with E-state index in [4.69, 9.17) is 5.14 Å². The van der Waals surface area contributed by atoms with Crippen molar-refractivity contribution in [3.63, 3.8) is 0 Å². The van der Waals surface area contributed by atoms with Crippen molar-refractivity contribution in [2.45, 2.75) is 31.3 Å². The number of nitrogens with two attached hydrogens (primary N) is 1. The maximum atomic E-state index is 11.3. The van der Waals surface area contributed by atoms with Gasteiger partial charge < -0.3 is 5.32 Å². The lowest BCUT2D eigenvalue weighted by Crippen LogP contribution is -2.19. The van der Waals surface area contributed by atoms with Crippen LogP contribution in [0.1, 0.15) is 29.1 Å². The first kappa shape index (κ1) is 15.1. The third-order valence-electron chi connectivity index (χ3n) is 3.10. The molecule has 1 aromatic heterocycles. The van der Waals surface area contributed by atoms with E-state index in [-0.39, 0.29) is 10.9 Å². The Balaban J connectivity index is 2.10. The fourth-order valence-electron chi connectivity index (χ4n) is 1.82. The number of thiazole rings is 1. The minimum absolute atomic E-state index is 0.0261. The van der Waals surface area contributed by atoms with Crippen LogP contribution in [-0.2, 0) is 16.6 Å². The molecule has 7 heteroatoms. The SMILES string of the molecule is Cc1ncsc1CNC(C)c1cccc(S(N)(=O)=O)c1. The normalized spacial score (nSPS) is 13.3. The Morgan fingerprint density at radius 3 is 2.80 bits per heavy atom. The first-order valence-electron chi connectivity index (χ1n) is 6.13. The Labute approximate surface area is 122 Å². The number of nitrogens with one attached hydrogen (secondary N) is 1. The topological polar surface area (TPSA) is 85.1 Å². The molecule has 1 aromatic carbocycles. The van der Waals surface area contributed by atoms with E-state index < -0.39 is 10.0 Å². The van der Waals surface area contributed by atoms with Gasteiger partial charge in [0.15, 0.2) is 0 Å². The average molecular weight is 311 g/mol. The Hall–Kier alpha value is -1.28. The monoisotopic (exact) mass is 311 g/mol. The number of benzene rings is 1. The molecule has 0 bridgehead atoms. The van der Waals surface area contributed by atoms with E-state index in [9.17, 15) is 8.42 Å². The van der Waals surface area contributed by atoms with Crippen LogP contribution in [0.4, 0.5) is 0 Å². The summed E-state index contributed by atoms with van der Waals surface area (Å²) in [7, 11) is -3.66. The van der Waals surface area contributed by atoms with Gasteiger partial charge in [-0.3, -0.25) is 0 Å². The molecular weight excluding hydrogens is 294 g/mol. The lowest BCUT2D eigenvalue weighted by molar-refractivity contribution is 0.574. The molecule has 0 amide bonds. The Kier molecular flexibility index (Phi) is 4.54. The van der Waals surface area contributed by atoms with Crippen LogP contribution in [0.2, 0.25) is 0 Å². The third kappa shape index (κ3) is 3.63. The maximum absolute atomic E-state index is 11.3. The molecule has 108 valence electrons. The smallest absolute Gasteiger partial charge is 0.238 e. The van der Waals surface area contributed by atoms with Gasteiger partial charge in [-0.2, -0.15) is 0 Å². The lowest BCUT2D eigenvalue weighted by atomic mass is 10.1. The van der Waals surface area contributed by atoms with Crippen LogP contribution >= 0.6 is 11.3 Å². The zero-order valence-electron chi connectivity index (χ0n) is 11.3. The average Bonchev–Trinajstić information content (AvgIpc) is 2.81. The summed E-state index contributed by atoms with van der Waals surface area (Å²) in [5, 5.41) is 8.50. The summed E-state index contributed by atoms with van der Waals surface area (Å²) in [5.74, 6) is 0. The molecule has 5 nitrogen and oxygen atoms in total. The highest BCUT2D eigenvalue weighted by Gasteiger charge is 2.12. The highest BCUT2D eigenvalue weighted by molar-refractivity contribution is 7.89. The van der Waals surface area contributed by atoms with Crippen LogP contribution in [0.5, 0.6) is 0 Å². The number of hydrogen-bond donors (Lipinski definition) is 2. The molecule has 0 aliphatic heterocycles. The fraction of sp³-hybridized carbons (Fsp3) is 0.308. The summed E-state index contributed by atoms with van der Waals surface area (Å²) in [5.41, 5.74) is 3.73. The van der Waals surface area contributed by atoms with Gasteiger partial charge in [-0.25, -0.2) is 18.5 Å². The van der Waals surface area contributed by atoms with Gasteiger partial charge in [-0.15, -0.1) is 11.3 Å². The number of rotatable bonds is 5. The van der Waals surface area contributed by atoms with E-state index >= 15 is 0 Å². The van der Waals surface area contributed by atoms with Crippen LogP contribution in [0, 0.1) is 6.92 Å². The molecule has 0 aliphatic carbocycles. The zero-order chi connectivity index (χ0) is 14.8. The first-order valence-corrected chi connectivity index (χ1v) is 8.55. The second-order valence-corrected chi connectivity index (χ2v) is 7.08. The van der Waals surface area contributed by atoms with Crippen molar-refractivity contribution >= 4 is 21.4 Å². The Morgan fingerprint density at radius 2 is 2.20 bits per heavy atom. The minimum atomic E-state index is -3.66. The van der Waals surface area contributed by atoms with Gasteiger partial charge in [-0.05, 0) is 31.5 Å². The molecule has 3 N–H and O–H groups in total. The maximum Gasteiger partial charge on any atom is 0.238 e. The number of aryl methyl sites for hydroxylation is 1. The first-order chi connectivity index (χ1) is 9.38. The highest BCUT2D eigenvalue weighted by Crippen LogP contribution is 2.18. The minimum Gasteiger partial charge on any atom is -0.305 e. The second kappa shape index (κ2) is 6.01. The standard InChI is InChI=1S/C13H17N3O2S2/c1-9(15-7-13-10(2)16-8-19-13)11-4-3-5-12(6-11)20(14,17)18/h3-6,8-9,15H,7H2,1-2H3,(H2,14,17,18). The van der Waals surface area contributed by atoms with E-state index in [1.165, 1.54) is 10.9 Å². The molecule has 0 fully saturated rings. The summed E-state index contributed by atoms with van der Waals surface area (Å²) in [4.78, 5) is 5.51. The van der Waals surface area contributed by atoms with Crippen molar-refractivity contribution in [3.8, 4) is 0 Å². The van der Waals surface area contributed by atoms with E-state index in [2.05, 4.69) is 10.3 Å². The summed E-state index contributed by atoms with van der Waals surface area (Å²) in [6.07, 6.45) is 0. The van der Waals surface area contributed by atoms with Crippen molar-refractivity contribution in [2.75, 3.05) is 0 Å². The van der Waals surface area contributed by atoms with E-state index in [1.54, 1.807) is 23.5 Å². The summed E-state index contributed by atoms with van der Waals surface area (Å²) in [6, 6.07) is 6.71. The molecule has 2 aromatic rings. The van der Waals surface area contributed by atoms with E-state index in [1.807, 2.05) is 25.4 Å². The lowest BCUT2D eigenvalue weighted by Gasteiger charge is -2.14. The molecule has 1 heterocycles. The van der Waals surface area contributed by atoms with E-state index in [0.717, 1.165) is 11.3 Å². The highest BCUT2D eigenvalue weighted by atomic mass is 32.2. The summed E-state index contributed by atoms with van der Waals surface area (Å²) < 4.78 is 22.7. The predicted octanol–water partition coefficient (Wildman–Crippen LogP) is 1.95. The molecule has 0 spiro atoms. The van der Waals surface area contributed by atoms with Gasteiger partial charge in [0.2, 0.25) is 10.0 Å². The second-order valence-electron chi connectivity index (χ2n) is 4.58.